The Balaban J connectivity index is 1.91. The minimum Gasteiger partial charge on any atom is -0.273 e. The molecule has 1 heterocycles. The van der Waals surface area contributed by atoms with Gasteiger partial charge in [0.2, 0.25) is 5.91 Å². The second-order valence-corrected chi connectivity index (χ2v) is 6.01. The zero-order valence-electron chi connectivity index (χ0n) is 14.5. The lowest BCUT2D eigenvalue weighted by atomic mass is 10.1. The smallest absolute Gasteiger partial charge is 0.240 e. The first-order chi connectivity index (χ1) is 11.3. The number of amides is 1. The molecule has 1 N–H and O–H groups in total. The molecule has 0 bridgehead atoms. The maximum Gasteiger partial charge on any atom is 0.240 e. The molecule has 1 amide bonds. The van der Waals surface area contributed by atoms with Gasteiger partial charge >= 0.3 is 0 Å². The number of hydrogen-bond donors (Lipinski definition) is 1. The van der Waals surface area contributed by atoms with Crippen molar-refractivity contribution in [2.24, 2.45) is 5.10 Å². The van der Waals surface area contributed by atoms with Crippen molar-refractivity contribution < 1.29 is 4.79 Å². The number of unbranched alkanes of at least 4 members (excludes halogenated alkanes) is 9. The summed E-state index contributed by atoms with van der Waals surface area (Å²) < 4.78 is 0. The first-order valence-corrected chi connectivity index (χ1v) is 9.05. The standard InChI is InChI=1S/C19H31N3O/c1-2-3-4-5-6-7-8-9-10-11-12-19(23)22-21-17-18-13-15-20-16-14-18/h13-17H,2-12H2,1H3,(H,22,23)/b21-17+. The Morgan fingerprint density at radius 1 is 1.00 bits per heavy atom. The topological polar surface area (TPSA) is 54.4 Å². The lowest BCUT2D eigenvalue weighted by Gasteiger charge is -2.02. The average molecular weight is 317 g/mol. The molecule has 0 aliphatic carbocycles. The maximum atomic E-state index is 11.6. The first-order valence-electron chi connectivity index (χ1n) is 9.05. The van der Waals surface area contributed by atoms with E-state index in [1.165, 1.54) is 51.4 Å². The molecule has 4 heteroatoms. The third-order valence-corrected chi connectivity index (χ3v) is 3.87. The number of hydrogen-bond acceptors (Lipinski definition) is 3. The number of carbonyl (C=O) groups excluding carboxylic acids is 1. The number of nitrogens with one attached hydrogen (secondary N) is 1. The van der Waals surface area contributed by atoms with Crippen molar-refractivity contribution >= 4 is 12.1 Å². The van der Waals surface area contributed by atoms with E-state index >= 15 is 0 Å². The Morgan fingerprint density at radius 3 is 2.17 bits per heavy atom. The summed E-state index contributed by atoms with van der Waals surface area (Å²) in [5.74, 6) is -0.00475. The summed E-state index contributed by atoms with van der Waals surface area (Å²) in [6, 6.07) is 3.69. The van der Waals surface area contributed by atoms with Crippen LogP contribution in [0.15, 0.2) is 29.6 Å². The number of pyridine rings is 1. The summed E-state index contributed by atoms with van der Waals surface area (Å²) in [7, 11) is 0. The van der Waals surface area contributed by atoms with Crippen LogP contribution < -0.4 is 5.43 Å². The van der Waals surface area contributed by atoms with Gasteiger partial charge in [0.05, 0.1) is 6.21 Å². The van der Waals surface area contributed by atoms with E-state index in [-0.39, 0.29) is 5.91 Å². The monoisotopic (exact) mass is 317 g/mol. The SMILES string of the molecule is CCCCCCCCCCCCC(=O)N/N=C/c1ccncc1. The molecule has 128 valence electrons. The van der Waals surface area contributed by atoms with Gasteiger partial charge in [-0.3, -0.25) is 9.78 Å². The van der Waals surface area contributed by atoms with Crippen LogP contribution in [0.25, 0.3) is 0 Å². The van der Waals surface area contributed by atoms with Gasteiger partial charge in [-0.25, -0.2) is 5.43 Å². The minimum absolute atomic E-state index is 0.00475. The quantitative estimate of drug-likeness (QED) is 0.321. The highest BCUT2D eigenvalue weighted by molar-refractivity contribution is 5.82. The fourth-order valence-corrected chi connectivity index (χ4v) is 2.46. The highest BCUT2D eigenvalue weighted by Gasteiger charge is 1.99. The van der Waals surface area contributed by atoms with E-state index in [1.807, 2.05) is 12.1 Å². The molecule has 23 heavy (non-hydrogen) atoms. The van der Waals surface area contributed by atoms with Crippen LogP contribution in [-0.4, -0.2) is 17.1 Å². The molecule has 4 nitrogen and oxygen atoms in total. The largest absolute Gasteiger partial charge is 0.273 e. The Hall–Kier alpha value is -1.71. The Morgan fingerprint density at radius 2 is 1.57 bits per heavy atom. The fraction of sp³-hybridized carbons (Fsp3) is 0.632. The molecule has 1 aromatic rings. The summed E-state index contributed by atoms with van der Waals surface area (Å²) >= 11 is 0. The van der Waals surface area contributed by atoms with Gasteiger partial charge in [0.25, 0.3) is 0 Å². The van der Waals surface area contributed by atoms with Crippen molar-refractivity contribution in [2.45, 2.75) is 77.6 Å². The summed E-state index contributed by atoms with van der Waals surface area (Å²) in [6.45, 7) is 2.25. The van der Waals surface area contributed by atoms with Crippen molar-refractivity contribution in [3.8, 4) is 0 Å². The van der Waals surface area contributed by atoms with Gasteiger partial charge in [0.1, 0.15) is 0 Å². The van der Waals surface area contributed by atoms with E-state index in [2.05, 4.69) is 22.4 Å². The van der Waals surface area contributed by atoms with Gasteiger partial charge in [0.15, 0.2) is 0 Å². The van der Waals surface area contributed by atoms with Gasteiger partial charge < -0.3 is 0 Å². The number of carbonyl (C=O) groups is 1. The van der Waals surface area contributed by atoms with Crippen LogP contribution in [0.3, 0.4) is 0 Å². The van der Waals surface area contributed by atoms with E-state index < -0.39 is 0 Å². The van der Waals surface area contributed by atoms with Gasteiger partial charge in [-0.2, -0.15) is 5.10 Å². The predicted octanol–water partition coefficient (Wildman–Crippen LogP) is 4.84. The van der Waals surface area contributed by atoms with E-state index in [0.29, 0.717) is 6.42 Å². The molecular formula is C19H31N3O. The van der Waals surface area contributed by atoms with Crippen LogP contribution in [-0.2, 0) is 4.79 Å². The Labute approximate surface area is 140 Å². The third-order valence-electron chi connectivity index (χ3n) is 3.87. The number of aromatic nitrogens is 1. The molecule has 0 spiro atoms. The van der Waals surface area contributed by atoms with E-state index in [4.69, 9.17) is 0 Å². The highest BCUT2D eigenvalue weighted by atomic mass is 16.2. The van der Waals surface area contributed by atoms with Crippen LogP contribution in [0.1, 0.15) is 83.1 Å². The van der Waals surface area contributed by atoms with E-state index in [0.717, 1.165) is 18.4 Å². The summed E-state index contributed by atoms with van der Waals surface area (Å²) in [5.41, 5.74) is 3.50. The predicted molar refractivity (Wildman–Crippen MR) is 96.4 cm³/mol. The lowest BCUT2D eigenvalue weighted by Crippen LogP contribution is -2.16. The van der Waals surface area contributed by atoms with Crippen LogP contribution in [0.2, 0.25) is 0 Å². The second kappa shape index (κ2) is 13.9. The third kappa shape index (κ3) is 11.5. The highest BCUT2D eigenvalue weighted by Crippen LogP contribution is 2.11. The normalized spacial score (nSPS) is 11.0. The minimum atomic E-state index is -0.00475. The molecule has 0 unspecified atom stereocenters. The molecule has 0 saturated carbocycles. The maximum absolute atomic E-state index is 11.6. The number of hydrazone groups is 1. The molecule has 0 aromatic carbocycles. The molecule has 0 fully saturated rings. The second-order valence-electron chi connectivity index (χ2n) is 6.01. The van der Waals surface area contributed by atoms with Crippen molar-refractivity contribution in [1.82, 2.24) is 10.4 Å². The number of nitrogens with zero attached hydrogens (tertiary/aromatic N) is 2. The van der Waals surface area contributed by atoms with Gasteiger partial charge in [-0.05, 0) is 24.1 Å². The van der Waals surface area contributed by atoms with Gasteiger partial charge in [0, 0.05) is 18.8 Å². The zero-order valence-corrected chi connectivity index (χ0v) is 14.5. The Bertz CT molecular complexity index is 432. The average Bonchev–Trinajstić information content (AvgIpc) is 2.57. The van der Waals surface area contributed by atoms with E-state index in [9.17, 15) is 4.79 Å². The van der Waals surface area contributed by atoms with Crippen LogP contribution in [0.5, 0.6) is 0 Å². The van der Waals surface area contributed by atoms with Gasteiger partial charge in [-0.1, -0.05) is 64.7 Å². The summed E-state index contributed by atoms with van der Waals surface area (Å²) in [5, 5.41) is 3.95. The van der Waals surface area contributed by atoms with Crippen molar-refractivity contribution in [3.05, 3.63) is 30.1 Å². The van der Waals surface area contributed by atoms with Crippen molar-refractivity contribution in [2.75, 3.05) is 0 Å². The van der Waals surface area contributed by atoms with Gasteiger partial charge in [-0.15, -0.1) is 0 Å². The van der Waals surface area contributed by atoms with Crippen LogP contribution in [0, 0.1) is 0 Å². The van der Waals surface area contributed by atoms with Crippen LogP contribution >= 0.6 is 0 Å². The molecule has 0 aliphatic rings. The Kier molecular flexibility index (Phi) is 11.7. The first kappa shape index (κ1) is 19.3. The molecule has 1 aromatic heterocycles. The molecule has 0 radical (unpaired) electrons. The number of rotatable bonds is 13. The molecule has 1 rings (SSSR count). The molecule has 0 aliphatic heterocycles. The zero-order chi connectivity index (χ0) is 16.6. The lowest BCUT2D eigenvalue weighted by molar-refractivity contribution is -0.121. The van der Waals surface area contributed by atoms with Crippen molar-refractivity contribution in [1.29, 1.82) is 0 Å². The van der Waals surface area contributed by atoms with E-state index in [1.54, 1.807) is 18.6 Å². The summed E-state index contributed by atoms with van der Waals surface area (Å²) in [6.07, 6.45) is 18.4. The van der Waals surface area contributed by atoms with Crippen molar-refractivity contribution in [3.63, 3.8) is 0 Å². The molecule has 0 atom stereocenters. The van der Waals surface area contributed by atoms with Crippen LogP contribution in [0.4, 0.5) is 0 Å². The molecular weight excluding hydrogens is 286 g/mol. The summed E-state index contributed by atoms with van der Waals surface area (Å²) in [4.78, 5) is 15.6. The fourth-order valence-electron chi connectivity index (χ4n) is 2.46. The molecule has 0 saturated heterocycles.